The Balaban J connectivity index is 1.62. The van der Waals surface area contributed by atoms with Crippen molar-refractivity contribution in [1.29, 1.82) is 0 Å². The number of nitrogens with one attached hydrogen (secondary N) is 1. The van der Waals surface area contributed by atoms with Crippen LogP contribution in [-0.4, -0.2) is 33.4 Å². The van der Waals surface area contributed by atoms with Crippen molar-refractivity contribution in [3.8, 4) is 22.8 Å². The van der Waals surface area contributed by atoms with E-state index in [2.05, 4.69) is 15.5 Å². The average molecular weight is 399 g/mol. The summed E-state index contributed by atoms with van der Waals surface area (Å²) >= 11 is 5.89. The van der Waals surface area contributed by atoms with Crippen molar-refractivity contribution in [1.82, 2.24) is 15.0 Å². The van der Waals surface area contributed by atoms with Crippen molar-refractivity contribution >= 4 is 23.2 Å². The van der Waals surface area contributed by atoms with Gasteiger partial charge in [-0.1, -0.05) is 23.7 Å². The van der Waals surface area contributed by atoms with Crippen LogP contribution in [0.5, 0.6) is 11.5 Å². The standard InChI is InChI=1S/C20H19ClN4O3/c1-13(15-5-8-18(26)19(9-15)28-2)23-24-20(27)11-25-10-17(22-12-25)14-3-6-16(21)7-4-14/h3-10,12,26H,11H2,1-2H3,(H,24,27). The van der Waals surface area contributed by atoms with Crippen LogP contribution in [0.1, 0.15) is 12.5 Å². The Morgan fingerprint density at radius 2 is 2.04 bits per heavy atom. The van der Waals surface area contributed by atoms with E-state index < -0.39 is 0 Å². The number of carbonyl (C=O) groups is 1. The Kier molecular flexibility index (Phi) is 5.96. The molecule has 0 saturated heterocycles. The van der Waals surface area contributed by atoms with Crippen LogP contribution in [0.15, 0.2) is 60.1 Å². The molecule has 0 aliphatic heterocycles. The Hall–Kier alpha value is -3.32. The van der Waals surface area contributed by atoms with Crippen LogP contribution in [0, 0.1) is 0 Å². The number of hydrogen-bond donors (Lipinski definition) is 2. The van der Waals surface area contributed by atoms with E-state index >= 15 is 0 Å². The number of ether oxygens (including phenoxy) is 1. The Bertz CT molecular complexity index is 1010. The average Bonchev–Trinajstić information content (AvgIpc) is 3.15. The first-order valence-electron chi connectivity index (χ1n) is 8.44. The highest BCUT2D eigenvalue weighted by molar-refractivity contribution is 6.30. The molecular formula is C20H19ClN4O3. The summed E-state index contributed by atoms with van der Waals surface area (Å²) in [5, 5.41) is 14.4. The van der Waals surface area contributed by atoms with E-state index in [1.807, 2.05) is 12.1 Å². The second-order valence-electron chi connectivity index (χ2n) is 6.06. The van der Waals surface area contributed by atoms with Gasteiger partial charge in [0.1, 0.15) is 6.54 Å². The molecule has 0 unspecified atom stereocenters. The minimum atomic E-state index is -0.287. The second kappa shape index (κ2) is 8.58. The van der Waals surface area contributed by atoms with Gasteiger partial charge in [-0.2, -0.15) is 5.10 Å². The van der Waals surface area contributed by atoms with Gasteiger partial charge in [0.05, 0.1) is 24.8 Å². The zero-order chi connectivity index (χ0) is 20.1. The molecule has 0 aliphatic carbocycles. The molecule has 0 spiro atoms. The number of amides is 1. The molecule has 8 heteroatoms. The summed E-state index contributed by atoms with van der Waals surface area (Å²) in [5.74, 6) is 0.0938. The number of halogens is 1. The van der Waals surface area contributed by atoms with Crippen LogP contribution >= 0.6 is 11.6 Å². The monoisotopic (exact) mass is 398 g/mol. The van der Waals surface area contributed by atoms with E-state index in [9.17, 15) is 9.90 Å². The molecule has 0 fully saturated rings. The van der Waals surface area contributed by atoms with E-state index in [4.69, 9.17) is 16.3 Å². The minimum Gasteiger partial charge on any atom is -0.504 e. The van der Waals surface area contributed by atoms with Crippen LogP contribution in [0.4, 0.5) is 0 Å². The van der Waals surface area contributed by atoms with Gasteiger partial charge in [-0.15, -0.1) is 0 Å². The van der Waals surface area contributed by atoms with E-state index in [0.29, 0.717) is 16.5 Å². The predicted molar refractivity (Wildman–Crippen MR) is 108 cm³/mol. The van der Waals surface area contributed by atoms with Crippen molar-refractivity contribution < 1.29 is 14.6 Å². The van der Waals surface area contributed by atoms with E-state index in [1.54, 1.807) is 48.3 Å². The largest absolute Gasteiger partial charge is 0.504 e. The molecule has 144 valence electrons. The summed E-state index contributed by atoms with van der Waals surface area (Å²) in [6, 6.07) is 12.2. The lowest BCUT2D eigenvalue weighted by molar-refractivity contribution is -0.121. The van der Waals surface area contributed by atoms with Gasteiger partial charge in [-0.3, -0.25) is 4.79 Å². The summed E-state index contributed by atoms with van der Waals surface area (Å²) in [6.07, 6.45) is 3.37. The number of benzene rings is 2. The lowest BCUT2D eigenvalue weighted by Crippen LogP contribution is -2.23. The fourth-order valence-electron chi connectivity index (χ4n) is 2.53. The van der Waals surface area contributed by atoms with Crippen LogP contribution < -0.4 is 10.2 Å². The molecule has 0 aliphatic rings. The Morgan fingerprint density at radius 3 is 2.75 bits per heavy atom. The summed E-state index contributed by atoms with van der Waals surface area (Å²) in [4.78, 5) is 16.5. The second-order valence-corrected chi connectivity index (χ2v) is 6.49. The van der Waals surface area contributed by atoms with Crippen LogP contribution in [-0.2, 0) is 11.3 Å². The summed E-state index contributed by atoms with van der Waals surface area (Å²) in [6.45, 7) is 1.83. The molecule has 0 radical (unpaired) electrons. The number of methoxy groups -OCH3 is 1. The summed E-state index contributed by atoms with van der Waals surface area (Å²) in [5.41, 5.74) is 5.49. The number of nitrogens with zero attached hydrogens (tertiary/aromatic N) is 3. The molecule has 1 aromatic heterocycles. The maximum absolute atomic E-state index is 12.2. The number of carbonyl (C=O) groups excluding carboxylic acids is 1. The normalized spacial score (nSPS) is 11.3. The van der Waals surface area contributed by atoms with Gasteiger partial charge in [-0.05, 0) is 37.3 Å². The fraction of sp³-hybridized carbons (Fsp3) is 0.150. The molecule has 2 aromatic carbocycles. The molecular weight excluding hydrogens is 380 g/mol. The SMILES string of the molecule is COc1cc(C(C)=NNC(=O)Cn2cnc(-c3ccc(Cl)cc3)c2)ccc1O. The van der Waals surface area contributed by atoms with Crippen LogP contribution in [0.25, 0.3) is 11.3 Å². The number of rotatable bonds is 6. The lowest BCUT2D eigenvalue weighted by atomic mass is 10.1. The third kappa shape index (κ3) is 4.69. The van der Waals surface area contributed by atoms with Gasteiger partial charge >= 0.3 is 0 Å². The molecule has 0 bridgehead atoms. The third-order valence-electron chi connectivity index (χ3n) is 4.05. The van der Waals surface area contributed by atoms with Gasteiger partial charge in [0, 0.05) is 22.3 Å². The maximum atomic E-state index is 12.2. The zero-order valence-electron chi connectivity index (χ0n) is 15.4. The van der Waals surface area contributed by atoms with Crippen LogP contribution in [0.3, 0.4) is 0 Å². The van der Waals surface area contributed by atoms with E-state index in [1.165, 1.54) is 13.2 Å². The molecule has 1 amide bonds. The molecule has 0 saturated carbocycles. The molecule has 7 nitrogen and oxygen atoms in total. The fourth-order valence-corrected chi connectivity index (χ4v) is 2.66. The first-order chi connectivity index (χ1) is 13.5. The number of hydrazone groups is 1. The molecule has 3 aromatic rings. The van der Waals surface area contributed by atoms with Crippen molar-refractivity contribution in [3.63, 3.8) is 0 Å². The molecule has 3 rings (SSSR count). The molecule has 0 atom stereocenters. The predicted octanol–water partition coefficient (Wildman–Crippen LogP) is 3.46. The van der Waals surface area contributed by atoms with Crippen molar-refractivity contribution in [2.75, 3.05) is 7.11 Å². The van der Waals surface area contributed by atoms with Gasteiger partial charge in [0.15, 0.2) is 11.5 Å². The van der Waals surface area contributed by atoms with E-state index in [-0.39, 0.29) is 18.2 Å². The number of imidazole rings is 1. The minimum absolute atomic E-state index is 0.0414. The highest BCUT2D eigenvalue weighted by atomic mass is 35.5. The third-order valence-corrected chi connectivity index (χ3v) is 4.30. The Morgan fingerprint density at radius 1 is 1.29 bits per heavy atom. The highest BCUT2D eigenvalue weighted by Gasteiger charge is 2.08. The topological polar surface area (TPSA) is 88.7 Å². The highest BCUT2D eigenvalue weighted by Crippen LogP contribution is 2.26. The maximum Gasteiger partial charge on any atom is 0.260 e. The quantitative estimate of drug-likeness (QED) is 0.491. The molecule has 1 heterocycles. The number of phenolic OH excluding ortho intramolecular Hbond substituents is 1. The number of aromatic hydroxyl groups is 1. The van der Waals surface area contributed by atoms with Crippen molar-refractivity contribution in [2.45, 2.75) is 13.5 Å². The van der Waals surface area contributed by atoms with Gasteiger partial charge in [-0.25, -0.2) is 10.4 Å². The van der Waals surface area contributed by atoms with Gasteiger partial charge < -0.3 is 14.4 Å². The Labute approximate surface area is 167 Å². The van der Waals surface area contributed by atoms with Crippen molar-refractivity contribution in [2.24, 2.45) is 5.10 Å². The van der Waals surface area contributed by atoms with Gasteiger partial charge in [0.2, 0.25) is 0 Å². The summed E-state index contributed by atoms with van der Waals surface area (Å²) in [7, 11) is 1.47. The van der Waals surface area contributed by atoms with E-state index in [0.717, 1.165) is 16.8 Å². The molecule has 28 heavy (non-hydrogen) atoms. The van der Waals surface area contributed by atoms with Gasteiger partial charge in [0.25, 0.3) is 5.91 Å². The number of hydrogen-bond acceptors (Lipinski definition) is 5. The first kappa shape index (κ1) is 19.4. The molecule has 2 N–H and O–H groups in total. The van der Waals surface area contributed by atoms with Crippen molar-refractivity contribution in [3.05, 3.63) is 65.6 Å². The summed E-state index contributed by atoms with van der Waals surface area (Å²) < 4.78 is 6.75. The smallest absolute Gasteiger partial charge is 0.260 e. The lowest BCUT2D eigenvalue weighted by Gasteiger charge is -2.07. The first-order valence-corrected chi connectivity index (χ1v) is 8.82. The number of aromatic nitrogens is 2. The zero-order valence-corrected chi connectivity index (χ0v) is 16.1. The number of phenols is 1. The van der Waals surface area contributed by atoms with Crippen LogP contribution in [0.2, 0.25) is 5.02 Å².